The molecule has 0 aliphatic heterocycles. The van der Waals surface area contributed by atoms with Crippen LogP contribution < -0.4 is 5.32 Å². The zero-order valence-electron chi connectivity index (χ0n) is 11.8. The third-order valence-corrected chi connectivity index (χ3v) is 4.36. The first kappa shape index (κ1) is 14.8. The van der Waals surface area contributed by atoms with E-state index in [1.807, 2.05) is 0 Å². The summed E-state index contributed by atoms with van der Waals surface area (Å²) in [5, 5.41) is 4.15. The van der Waals surface area contributed by atoms with Gasteiger partial charge in [0.2, 0.25) is 0 Å². The molecule has 0 heterocycles. The van der Waals surface area contributed by atoms with E-state index in [1.54, 1.807) is 12.1 Å². The maximum absolute atomic E-state index is 13.9. The van der Waals surface area contributed by atoms with Gasteiger partial charge in [0.05, 0.1) is 0 Å². The molecule has 0 saturated heterocycles. The highest BCUT2D eigenvalue weighted by molar-refractivity contribution is 6.30. The average Bonchev–Trinajstić information content (AvgIpc) is 2.81. The molecule has 0 bridgehead atoms. The molecule has 1 aliphatic rings. The van der Waals surface area contributed by atoms with E-state index in [-0.39, 0.29) is 11.2 Å². The Morgan fingerprint density at radius 3 is 2.63 bits per heavy atom. The molecule has 1 nitrogen and oxygen atoms in total. The van der Waals surface area contributed by atoms with Crippen LogP contribution in [0.4, 0.5) is 4.39 Å². The van der Waals surface area contributed by atoms with E-state index in [1.165, 1.54) is 31.7 Å². The quantitative estimate of drug-likeness (QED) is 0.834. The molecular formula is C16H23ClFN. The SMILES string of the molecule is CC(C)NCC1(Cc2cc(Cl)ccc2F)CCCC1. The van der Waals surface area contributed by atoms with Crippen molar-refractivity contribution in [2.45, 2.75) is 52.0 Å². The number of hydrogen-bond donors (Lipinski definition) is 1. The minimum Gasteiger partial charge on any atom is -0.314 e. The fourth-order valence-corrected chi connectivity index (χ4v) is 3.24. The normalized spacial score (nSPS) is 18.2. The molecule has 2 rings (SSSR count). The van der Waals surface area contributed by atoms with Crippen LogP contribution in [0, 0.1) is 11.2 Å². The molecule has 1 saturated carbocycles. The molecule has 1 N–H and O–H groups in total. The standard InChI is InChI=1S/C16H23ClFN/c1-12(2)19-11-16(7-3-4-8-16)10-13-9-14(17)5-6-15(13)18/h5-6,9,12,19H,3-4,7-8,10-11H2,1-2H3. The van der Waals surface area contributed by atoms with Crippen molar-refractivity contribution in [1.29, 1.82) is 0 Å². The largest absolute Gasteiger partial charge is 0.314 e. The summed E-state index contributed by atoms with van der Waals surface area (Å²) < 4.78 is 13.9. The fraction of sp³-hybridized carbons (Fsp3) is 0.625. The summed E-state index contributed by atoms with van der Waals surface area (Å²) in [6, 6.07) is 5.36. The van der Waals surface area contributed by atoms with E-state index in [0.717, 1.165) is 18.5 Å². The minimum absolute atomic E-state index is 0.125. The van der Waals surface area contributed by atoms with Crippen LogP contribution >= 0.6 is 11.6 Å². The lowest BCUT2D eigenvalue weighted by atomic mass is 9.79. The smallest absolute Gasteiger partial charge is 0.126 e. The van der Waals surface area contributed by atoms with Gasteiger partial charge in [-0.15, -0.1) is 0 Å². The van der Waals surface area contributed by atoms with Crippen LogP contribution in [0.3, 0.4) is 0 Å². The van der Waals surface area contributed by atoms with Crippen molar-refractivity contribution >= 4 is 11.6 Å². The van der Waals surface area contributed by atoms with Gasteiger partial charge in [0, 0.05) is 17.6 Å². The lowest BCUT2D eigenvalue weighted by molar-refractivity contribution is 0.266. The van der Waals surface area contributed by atoms with E-state index in [9.17, 15) is 4.39 Å². The molecule has 3 heteroatoms. The van der Waals surface area contributed by atoms with Crippen LogP contribution in [0.2, 0.25) is 5.02 Å². The Hall–Kier alpha value is -0.600. The van der Waals surface area contributed by atoms with E-state index in [2.05, 4.69) is 19.2 Å². The van der Waals surface area contributed by atoms with Gasteiger partial charge >= 0.3 is 0 Å². The van der Waals surface area contributed by atoms with Gasteiger partial charge in [-0.25, -0.2) is 4.39 Å². The molecule has 0 atom stereocenters. The van der Waals surface area contributed by atoms with Crippen LogP contribution in [-0.2, 0) is 6.42 Å². The van der Waals surface area contributed by atoms with Gasteiger partial charge in [0.25, 0.3) is 0 Å². The Balaban J connectivity index is 2.13. The molecular weight excluding hydrogens is 261 g/mol. The molecule has 1 fully saturated rings. The highest BCUT2D eigenvalue weighted by Crippen LogP contribution is 2.41. The molecule has 0 radical (unpaired) electrons. The Bertz CT molecular complexity index is 425. The lowest BCUT2D eigenvalue weighted by Crippen LogP contribution is -2.37. The number of hydrogen-bond acceptors (Lipinski definition) is 1. The second-order valence-corrected chi connectivity index (χ2v) is 6.59. The molecule has 0 unspecified atom stereocenters. The van der Waals surface area contributed by atoms with Crippen LogP contribution in [-0.4, -0.2) is 12.6 Å². The predicted octanol–water partition coefficient (Wildman–Crippen LogP) is 4.58. The summed E-state index contributed by atoms with van der Waals surface area (Å²) >= 11 is 5.99. The number of halogens is 2. The van der Waals surface area contributed by atoms with Gasteiger partial charge in [0.15, 0.2) is 0 Å². The molecule has 106 valence electrons. The molecule has 19 heavy (non-hydrogen) atoms. The van der Waals surface area contributed by atoms with E-state index >= 15 is 0 Å². The van der Waals surface area contributed by atoms with E-state index < -0.39 is 0 Å². The summed E-state index contributed by atoms with van der Waals surface area (Å²) in [6.07, 6.45) is 5.65. The van der Waals surface area contributed by atoms with Crippen molar-refractivity contribution in [3.63, 3.8) is 0 Å². The van der Waals surface area contributed by atoms with Crippen molar-refractivity contribution in [3.05, 3.63) is 34.6 Å². The Morgan fingerprint density at radius 1 is 1.32 bits per heavy atom. The Labute approximate surface area is 120 Å². The second kappa shape index (κ2) is 6.23. The van der Waals surface area contributed by atoms with Crippen LogP contribution in [0.5, 0.6) is 0 Å². The summed E-state index contributed by atoms with van der Waals surface area (Å²) in [6.45, 7) is 5.28. The van der Waals surface area contributed by atoms with Gasteiger partial charge in [-0.1, -0.05) is 38.3 Å². The highest BCUT2D eigenvalue weighted by atomic mass is 35.5. The summed E-state index contributed by atoms with van der Waals surface area (Å²) in [5.41, 5.74) is 0.968. The van der Waals surface area contributed by atoms with Gasteiger partial charge < -0.3 is 5.32 Å². The van der Waals surface area contributed by atoms with Crippen molar-refractivity contribution < 1.29 is 4.39 Å². The van der Waals surface area contributed by atoms with Gasteiger partial charge in [0.1, 0.15) is 5.82 Å². The first-order valence-corrected chi connectivity index (χ1v) is 7.56. The molecule has 0 spiro atoms. The number of benzene rings is 1. The van der Waals surface area contributed by atoms with E-state index in [4.69, 9.17) is 11.6 Å². The summed E-state index contributed by atoms with van der Waals surface area (Å²) in [7, 11) is 0. The predicted molar refractivity (Wildman–Crippen MR) is 79.2 cm³/mol. The highest BCUT2D eigenvalue weighted by Gasteiger charge is 2.34. The molecule has 0 aromatic heterocycles. The molecule has 1 aliphatic carbocycles. The van der Waals surface area contributed by atoms with Crippen molar-refractivity contribution in [3.8, 4) is 0 Å². The average molecular weight is 284 g/mol. The van der Waals surface area contributed by atoms with Crippen LogP contribution in [0.15, 0.2) is 18.2 Å². The first-order chi connectivity index (χ1) is 9.01. The van der Waals surface area contributed by atoms with Crippen molar-refractivity contribution in [2.24, 2.45) is 5.41 Å². The number of rotatable bonds is 5. The zero-order valence-corrected chi connectivity index (χ0v) is 12.6. The summed E-state index contributed by atoms with van der Waals surface area (Å²) in [4.78, 5) is 0. The first-order valence-electron chi connectivity index (χ1n) is 7.18. The van der Waals surface area contributed by atoms with Gasteiger partial charge in [-0.3, -0.25) is 0 Å². The number of nitrogens with one attached hydrogen (secondary N) is 1. The fourth-order valence-electron chi connectivity index (χ4n) is 3.04. The van der Waals surface area contributed by atoms with Crippen molar-refractivity contribution in [1.82, 2.24) is 5.32 Å². The van der Waals surface area contributed by atoms with Gasteiger partial charge in [-0.05, 0) is 48.4 Å². The Kier molecular flexibility index (Phi) is 4.86. The topological polar surface area (TPSA) is 12.0 Å². The second-order valence-electron chi connectivity index (χ2n) is 6.16. The lowest BCUT2D eigenvalue weighted by Gasteiger charge is -2.31. The van der Waals surface area contributed by atoms with E-state index in [0.29, 0.717) is 11.1 Å². The maximum Gasteiger partial charge on any atom is 0.126 e. The Morgan fingerprint density at radius 2 is 2.00 bits per heavy atom. The molecule has 1 aromatic rings. The summed E-state index contributed by atoms with van der Waals surface area (Å²) in [5.74, 6) is -0.125. The van der Waals surface area contributed by atoms with Crippen LogP contribution in [0.1, 0.15) is 45.1 Å². The van der Waals surface area contributed by atoms with Crippen molar-refractivity contribution in [2.75, 3.05) is 6.54 Å². The van der Waals surface area contributed by atoms with Gasteiger partial charge in [-0.2, -0.15) is 0 Å². The monoisotopic (exact) mass is 283 g/mol. The zero-order chi connectivity index (χ0) is 13.9. The molecule has 0 amide bonds. The minimum atomic E-state index is -0.125. The van der Waals surface area contributed by atoms with Crippen LogP contribution in [0.25, 0.3) is 0 Å². The third-order valence-electron chi connectivity index (χ3n) is 4.12. The maximum atomic E-state index is 13.9. The third kappa shape index (κ3) is 3.93. The molecule has 1 aromatic carbocycles.